The van der Waals surface area contributed by atoms with Crippen molar-refractivity contribution in [3.05, 3.63) is 21.9 Å². The molecule has 0 amide bonds. The molecule has 0 saturated carbocycles. The van der Waals surface area contributed by atoms with Gasteiger partial charge in [-0.2, -0.15) is 0 Å². The van der Waals surface area contributed by atoms with Crippen LogP contribution in [0.4, 0.5) is 0 Å². The quantitative estimate of drug-likeness (QED) is 0.543. The maximum absolute atomic E-state index is 11.0. The summed E-state index contributed by atoms with van der Waals surface area (Å²) in [5.41, 5.74) is 0.486. The molecule has 0 unspecified atom stereocenters. The van der Waals surface area contributed by atoms with E-state index < -0.39 is 5.97 Å². The smallest absolute Gasteiger partial charge is 0.382 e. The number of hydrogen-bond acceptors (Lipinski definition) is 3. The van der Waals surface area contributed by atoms with Gasteiger partial charge in [0.2, 0.25) is 0 Å². The largest absolute Gasteiger partial charge is 0.472 e. The Hall–Kier alpha value is -1.60. The summed E-state index contributed by atoms with van der Waals surface area (Å²) in [5, 5.41) is 10.00. The molecule has 0 aliphatic carbocycles. The van der Waals surface area contributed by atoms with Crippen LogP contribution in [0.5, 0.6) is 0 Å². The highest BCUT2D eigenvalue weighted by molar-refractivity contribution is 7.12. The second-order valence-corrected chi connectivity index (χ2v) is 3.19. The second kappa shape index (κ2) is 3.87. The van der Waals surface area contributed by atoms with E-state index >= 15 is 0 Å². The second-order valence-electron chi connectivity index (χ2n) is 2.27. The molecule has 0 fully saturated rings. The average molecular weight is 194 g/mol. The topological polar surface area (TPSA) is 54.4 Å². The average Bonchev–Trinajstić information content (AvgIpc) is 2.47. The lowest BCUT2D eigenvalue weighted by Crippen LogP contribution is -1.91. The fourth-order valence-corrected chi connectivity index (χ4v) is 1.55. The first-order valence-corrected chi connectivity index (χ1v) is 4.32. The third kappa shape index (κ3) is 2.42. The number of carboxylic acids is 1. The monoisotopic (exact) mass is 194 g/mol. The van der Waals surface area contributed by atoms with Crippen LogP contribution in [-0.2, 0) is 4.79 Å². The normalized spacial score (nSPS) is 8.69. The minimum atomic E-state index is -1.19. The highest BCUT2D eigenvalue weighted by Gasteiger charge is 2.05. The van der Waals surface area contributed by atoms with Gasteiger partial charge in [-0.15, -0.1) is 11.3 Å². The zero-order chi connectivity index (χ0) is 9.84. The molecule has 1 aromatic heterocycles. The van der Waals surface area contributed by atoms with Gasteiger partial charge in [-0.3, -0.25) is 4.79 Å². The summed E-state index contributed by atoms with van der Waals surface area (Å²) in [6, 6.07) is 1.64. The van der Waals surface area contributed by atoms with Crippen LogP contribution in [0.15, 0.2) is 11.4 Å². The van der Waals surface area contributed by atoms with Gasteiger partial charge in [0.25, 0.3) is 0 Å². The van der Waals surface area contributed by atoms with Crippen LogP contribution in [0.25, 0.3) is 0 Å². The van der Waals surface area contributed by atoms with Gasteiger partial charge < -0.3 is 5.11 Å². The predicted octanol–water partition coefficient (Wildman–Crippen LogP) is 1.39. The van der Waals surface area contributed by atoms with Crippen LogP contribution >= 0.6 is 11.3 Å². The maximum atomic E-state index is 11.0. The minimum Gasteiger partial charge on any atom is -0.472 e. The minimum absolute atomic E-state index is 0.0929. The SMILES string of the molecule is CC(=O)c1sccc1C#CC(=O)O. The maximum Gasteiger partial charge on any atom is 0.382 e. The van der Waals surface area contributed by atoms with Crippen molar-refractivity contribution in [2.75, 3.05) is 0 Å². The number of thiophene rings is 1. The Morgan fingerprint density at radius 2 is 2.23 bits per heavy atom. The molecular formula is C9H6O3S. The summed E-state index contributed by atoms with van der Waals surface area (Å²) < 4.78 is 0. The van der Waals surface area contributed by atoms with Crippen LogP contribution in [0.2, 0.25) is 0 Å². The first-order valence-electron chi connectivity index (χ1n) is 3.44. The lowest BCUT2D eigenvalue weighted by molar-refractivity contribution is -0.130. The summed E-state index contributed by atoms with van der Waals surface area (Å²) in [4.78, 5) is 21.6. The van der Waals surface area contributed by atoms with E-state index in [-0.39, 0.29) is 5.78 Å². The molecule has 66 valence electrons. The Labute approximate surface area is 79.0 Å². The molecule has 1 aromatic rings. The molecule has 1 N–H and O–H groups in total. The van der Waals surface area contributed by atoms with Crippen LogP contribution in [0, 0.1) is 11.8 Å². The van der Waals surface area contributed by atoms with E-state index in [0.29, 0.717) is 10.4 Å². The van der Waals surface area contributed by atoms with E-state index in [9.17, 15) is 9.59 Å². The number of carboxylic acid groups (broad SMARTS) is 1. The first-order chi connectivity index (χ1) is 6.11. The molecule has 0 bridgehead atoms. The lowest BCUT2D eigenvalue weighted by atomic mass is 10.2. The van der Waals surface area contributed by atoms with Crippen molar-refractivity contribution < 1.29 is 14.7 Å². The van der Waals surface area contributed by atoms with Gasteiger partial charge in [0.05, 0.1) is 4.88 Å². The number of aliphatic carboxylic acids is 1. The molecule has 0 aliphatic rings. The Balaban J connectivity index is 3.04. The van der Waals surface area contributed by atoms with Gasteiger partial charge >= 0.3 is 5.97 Å². The van der Waals surface area contributed by atoms with Crippen molar-refractivity contribution in [1.82, 2.24) is 0 Å². The number of Topliss-reactive ketones (excluding diaryl/α,β-unsaturated/α-hetero) is 1. The number of hydrogen-bond donors (Lipinski definition) is 1. The van der Waals surface area contributed by atoms with E-state index in [1.54, 1.807) is 11.4 Å². The molecule has 0 spiro atoms. The fourth-order valence-electron chi connectivity index (χ4n) is 0.801. The van der Waals surface area contributed by atoms with E-state index in [1.807, 2.05) is 5.92 Å². The van der Waals surface area contributed by atoms with Crippen LogP contribution < -0.4 is 0 Å². The van der Waals surface area contributed by atoms with Gasteiger partial charge in [-0.25, -0.2) is 4.79 Å². The molecular weight excluding hydrogens is 188 g/mol. The van der Waals surface area contributed by atoms with Crippen molar-refractivity contribution >= 4 is 23.1 Å². The van der Waals surface area contributed by atoms with Crippen molar-refractivity contribution in [3.8, 4) is 11.8 Å². The van der Waals surface area contributed by atoms with E-state index in [2.05, 4.69) is 5.92 Å². The molecule has 1 heterocycles. The Kier molecular flexibility index (Phi) is 2.83. The van der Waals surface area contributed by atoms with Gasteiger partial charge in [0, 0.05) is 11.5 Å². The molecule has 0 radical (unpaired) electrons. The molecule has 0 aromatic carbocycles. The highest BCUT2D eigenvalue weighted by atomic mass is 32.1. The molecule has 0 saturated heterocycles. The lowest BCUT2D eigenvalue weighted by Gasteiger charge is -1.87. The van der Waals surface area contributed by atoms with Gasteiger partial charge in [0.1, 0.15) is 0 Å². The zero-order valence-corrected chi connectivity index (χ0v) is 7.64. The van der Waals surface area contributed by atoms with Gasteiger partial charge in [-0.05, 0) is 18.4 Å². The number of rotatable bonds is 1. The Morgan fingerprint density at radius 1 is 1.54 bits per heavy atom. The molecule has 4 heteroatoms. The Bertz CT molecular complexity index is 406. The zero-order valence-electron chi connectivity index (χ0n) is 6.83. The van der Waals surface area contributed by atoms with Crippen LogP contribution in [0.1, 0.15) is 22.2 Å². The van der Waals surface area contributed by atoms with Gasteiger partial charge in [-0.1, -0.05) is 5.92 Å². The summed E-state index contributed by atoms with van der Waals surface area (Å²) in [6.07, 6.45) is 0. The van der Waals surface area contributed by atoms with Crippen molar-refractivity contribution in [1.29, 1.82) is 0 Å². The summed E-state index contributed by atoms with van der Waals surface area (Å²) >= 11 is 1.26. The van der Waals surface area contributed by atoms with Crippen molar-refractivity contribution in [2.24, 2.45) is 0 Å². The number of carbonyl (C=O) groups is 2. The van der Waals surface area contributed by atoms with E-state index in [0.717, 1.165) is 0 Å². The fraction of sp³-hybridized carbons (Fsp3) is 0.111. The van der Waals surface area contributed by atoms with Crippen LogP contribution in [0.3, 0.4) is 0 Å². The summed E-state index contributed by atoms with van der Waals surface area (Å²) in [7, 11) is 0. The van der Waals surface area contributed by atoms with Crippen LogP contribution in [-0.4, -0.2) is 16.9 Å². The van der Waals surface area contributed by atoms with Gasteiger partial charge in [0.15, 0.2) is 5.78 Å². The summed E-state index contributed by atoms with van der Waals surface area (Å²) in [5.74, 6) is 3.09. The molecule has 0 atom stereocenters. The summed E-state index contributed by atoms with van der Waals surface area (Å²) in [6.45, 7) is 1.43. The van der Waals surface area contributed by atoms with Crippen molar-refractivity contribution in [3.63, 3.8) is 0 Å². The van der Waals surface area contributed by atoms with E-state index in [1.165, 1.54) is 18.3 Å². The third-order valence-electron chi connectivity index (χ3n) is 1.29. The van der Waals surface area contributed by atoms with Crippen molar-refractivity contribution in [2.45, 2.75) is 6.92 Å². The Morgan fingerprint density at radius 3 is 2.77 bits per heavy atom. The number of carbonyl (C=O) groups excluding carboxylic acids is 1. The first kappa shape index (κ1) is 9.49. The van der Waals surface area contributed by atoms with E-state index in [4.69, 9.17) is 5.11 Å². The third-order valence-corrected chi connectivity index (χ3v) is 2.30. The standard InChI is InChI=1S/C9H6O3S/c1-6(10)9-7(4-5-13-9)2-3-8(11)12/h4-5H,1H3,(H,11,12). The molecule has 13 heavy (non-hydrogen) atoms. The predicted molar refractivity (Wildman–Crippen MR) is 48.8 cm³/mol. The molecule has 1 rings (SSSR count). The highest BCUT2D eigenvalue weighted by Crippen LogP contribution is 2.15. The number of ketones is 1. The molecule has 0 aliphatic heterocycles. The molecule has 3 nitrogen and oxygen atoms in total.